The van der Waals surface area contributed by atoms with Gasteiger partial charge < -0.3 is 5.32 Å². The van der Waals surface area contributed by atoms with Crippen LogP contribution in [0.5, 0.6) is 0 Å². The van der Waals surface area contributed by atoms with E-state index in [1.165, 1.54) is 0 Å². The fraction of sp³-hybridized carbons (Fsp3) is 0.500. The van der Waals surface area contributed by atoms with Crippen molar-refractivity contribution in [3.8, 4) is 0 Å². The van der Waals surface area contributed by atoms with Crippen LogP contribution in [0.4, 0.5) is 5.69 Å². The Morgan fingerprint density at radius 3 is 2.74 bits per heavy atom. The molecule has 0 radical (unpaired) electrons. The molecule has 0 aliphatic carbocycles. The van der Waals surface area contributed by atoms with Crippen LogP contribution in [-0.2, 0) is 4.79 Å². The highest BCUT2D eigenvalue weighted by molar-refractivity contribution is 6.43. The third-order valence-corrected chi connectivity index (χ3v) is 4.29. The molecule has 1 aliphatic heterocycles. The molecule has 0 spiro atoms. The molecule has 0 unspecified atom stereocenters. The number of amides is 1. The monoisotopic (exact) mass is 300 g/mol. The van der Waals surface area contributed by atoms with Crippen molar-refractivity contribution in [3.05, 3.63) is 28.2 Å². The molecule has 5 heteroatoms. The number of nitrogens with zero attached hydrogens (tertiary/aromatic N) is 1. The van der Waals surface area contributed by atoms with E-state index in [-0.39, 0.29) is 5.91 Å². The zero-order valence-corrected chi connectivity index (χ0v) is 12.5. The maximum absolute atomic E-state index is 12.0. The number of anilines is 1. The van der Waals surface area contributed by atoms with E-state index in [9.17, 15) is 4.79 Å². The lowest BCUT2D eigenvalue weighted by molar-refractivity contribution is -0.117. The molecule has 0 atom stereocenters. The highest BCUT2D eigenvalue weighted by atomic mass is 35.5. The third-order valence-electron chi connectivity index (χ3n) is 3.47. The Kier molecular flexibility index (Phi) is 5.08. The van der Waals surface area contributed by atoms with Gasteiger partial charge in [-0.25, -0.2) is 0 Å². The van der Waals surface area contributed by atoms with Gasteiger partial charge in [-0.2, -0.15) is 0 Å². The van der Waals surface area contributed by atoms with Crippen LogP contribution in [-0.4, -0.2) is 30.4 Å². The van der Waals surface area contributed by atoms with Crippen LogP contribution in [0.15, 0.2) is 18.2 Å². The van der Waals surface area contributed by atoms with E-state index >= 15 is 0 Å². The standard InChI is InChI=1S/C14H18Cl2N2O/c1-10-5-7-18(8-6-10)9-13(19)17-12-4-2-3-11(15)14(12)16/h2-4,10H,5-9H2,1H3,(H,17,19). The fourth-order valence-corrected chi connectivity index (χ4v) is 2.56. The summed E-state index contributed by atoms with van der Waals surface area (Å²) in [5.41, 5.74) is 0.574. The van der Waals surface area contributed by atoms with Gasteiger partial charge in [-0.3, -0.25) is 9.69 Å². The van der Waals surface area contributed by atoms with Crippen LogP contribution in [0.25, 0.3) is 0 Å². The molecular formula is C14H18Cl2N2O. The Morgan fingerprint density at radius 1 is 1.37 bits per heavy atom. The first-order valence-corrected chi connectivity index (χ1v) is 7.28. The Morgan fingerprint density at radius 2 is 2.05 bits per heavy atom. The molecule has 104 valence electrons. The summed E-state index contributed by atoms with van der Waals surface area (Å²) in [7, 11) is 0. The van der Waals surface area contributed by atoms with Crippen LogP contribution >= 0.6 is 23.2 Å². The van der Waals surface area contributed by atoms with Gasteiger partial charge in [0.1, 0.15) is 0 Å². The molecule has 19 heavy (non-hydrogen) atoms. The zero-order valence-electron chi connectivity index (χ0n) is 11.0. The van der Waals surface area contributed by atoms with Crippen molar-refractivity contribution in [2.45, 2.75) is 19.8 Å². The Balaban J connectivity index is 1.89. The van der Waals surface area contributed by atoms with Crippen molar-refractivity contribution >= 4 is 34.8 Å². The van der Waals surface area contributed by atoms with Gasteiger partial charge in [0.25, 0.3) is 0 Å². The second-order valence-corrected chi connectivity index (χ2v) is 5.89. The summed E-state index contributed by atoms with van der Waals surface area (Å²) < 4.78 is 0. The molecule has 1 saturated heterocycles. The average molecular weight is 301 g/mol. The van der Waals surface area contributed by atoms with E-state index < -0.39 is 0 Å². The van der Waals surface area contributed by atoms with Crippen molar-refractivity contribution in [3.63, 3.8) is 0 Å². The minimum atomic E-state index is -0.0429. The van der Waals surface area contributed by atoms with Crippen molar-refractivity contribution in [1.82, 2.24) is 4.90 Å². The number of nitrogens with one attached hydrogen (secondary N) is 1. The van der Waals surface area contributed by atoms with Crippen LogP contribution < -0.4 is 5.32 Å². The first-order chi connectivity index (χ1) is 9.06. The molecule has 0 aromatic heterocycles. The van der Waals surface area contributed by atoms with Gasteiger partial charge in [0.05, 0.1) is 22.3 Å². The summed E-state index contributed by atoms with van der Waals surface area (Å²) in [5, 5.41) is 3.66. The maximum Gasteiger partial charge on any atom is 0.238 e. The van der Waals surface area contributed by atoms with Crippen LogP contribution in [0.3, 0.4) is 0 Å². The Labute approximate surface area is 123 Å². The lowest BCUT2D eigenvalue weighted by Crippen LogP contribution is -2.38. The Hall–Kier alpha value is -0.770. The van der Waals surface area contributed by atoms with Gasteiger partial charge in [-0.1, -0.05) is 36.2 Å². The number of piperidine rings is 1. The molecule has 1 amide bonds. The van der Waals surface area contributed by atoms with Crippen molar-refractivity contribution < 1.29 is 4.79 Å². The molecule has 0 bridgehead atoms. The number of hydrogen-bond acceptors (Lipinski definition) is 2. The Bertz CT molecular complexity index is 457. The zero-order chi connectivity index (χ0) is 13.8. The van der Waals surface area contributed by atoms with Gasteiger partial charge in [0.2, 0.25) is 5.91 Å². The predicted molar refractivity (Wildman–Crippen MR) is 79.9 cm³/mol. The summed E-state index contributed by atoms with van der Waals surface area (Å²) in [4.78, 5) is 14.1. The SMILES string of the molecule is CC1CCN(CC(=O)Nc2cccc(Cl)c2Cl)CC1. The van der Waals surface area contributed by atoms with Crippen molar-refractivity contribution in [2.24, 2.45) is 5.92 Å². The summed E-state index contributed by atoms with van der Waals surface area (Å²) in [6, 6.07) is 5.22. The molecule has 1 heterocycles. The van der Waals surface area contributed by atoms with Gasteiger partial charge in [-0.05, 0) is 44.0 Å². The van der Waals surface area contributed by atoms with E-state index in [0.717, 1.165) is 31.8 Å². The third kappa shape index (κ3) is 4.10. The normalized spacial score (nSPS) is 17.4. The molecule has 1 aromatic carbocycles. The smallest absolute Gasteiger partial charge is 0.238 e. The molecule has 1 fully saturated rings. The topological polar surface area (TPSA) is 32.3 Å². The molecule has 2 rings (SSSR count). The molecule has 0 saturated carbocycles. The lowest BCUT2D eigenvalue weighted by atomic mass is 9.99. The summed E-state index contributed by atoms with van der Waals surface area (Å²) in [6.45, 7) is 4.63. The molecular weight excluding hydrogens is 283 g/mol. The number of likely N-dealkylation sites (tertiary alicyclic amines) is 1. The number of rotatable bonds is 3. The van der Waals surface area contributed by atoms with Crippen LogP contribution in [0.1, 0.15) is 19.8 Å². The maximum atomic E-state index is 12.0. The van der Waals surface area contributed by atoms with E-state index in [1.54, 1.807) is 18.2 Å². The fourth-order valence-electron chi connectivity index (χ4n) is 2.21. The van der Waals surface area contributed by atoms with Crippen LogP contribution in [0, 0.1) is 5.92 Å². The minimum Gasteiger partial charge on any atom is -0.324 e. The average Bonchev–Trinajstić information content (AvgIpc) is 2.38. The summed E-state index contributed by atoms with van der Waals surface area (Å²) >= 11 is 12.0. The molecule has 1 aliphatic rings. The van der Waals surface area contributed by atoms with Crippen molar-refractivity contribution in [1.29, 1.82) is 0 Å². The molecule has 1 aromatic rings. The number of carbonyl (C=O) groups excluding carboxylic acids is 1. The molecule has 1 N–H and O–H groups in total. The van der Waals surface area contributed by atoms with Crippen molar-refractivity contribution in [2.75, 3.05) is 25.0 Å². The largest absolute Gasteiger partial charge is 0.324 e. The first-order valence-electron chi connectivity index (χ1n) is 6.52. The quantitative estimate of drug-likeness (QED) is 0.924. The van der Waals surface area contributed by atoms with Gasteiger partial charge in [0, 0.05) is 0 Å². The van der Waals surface area contributed by atoms with Gasteiger partial charge in [0.15, 0.2) is 0 Å². The number of hydrogen-bond donors (Lipinski definition) is 1. The number of halogens is 2. The van der Waals surface area contributed by atoms with Crippen LogP contribution in [0.2, 0.25) is 10.0 Å². The second kappa shape index (κ2) is 6.60. The number of carbonyl (C=O) groups is 1. The van der Waals surface area contributed by atoms with E-state index in [1.807, 2.05) is 0 Å². The minimum absolute atomic E-state index is 0.0429. The van der Waals surface area contributed by atoms with Gasteiger partial charge in [-0.15, -0.1) is 0 Å². The lowest BCUT2D eigenvalue weighted by Gasteiger charge is -2.29. The molecule has 3 nitrogen and oxygen atoms in total. The first kappa shape index (κ1) is 14.6. The highest BCUT2D eigenvalue weighted by Gasteiger charge is 2.18. The summed E-state index contributed by atoms with van der Waals surface area (Å²) in [6.07, 6.45) is 2.32. The summed E-state index contributed by atoms with van der Waals surface area (Å²) in [5.74, 6) is 0.723. The predicted octanol–water partition coefficient (Wildman–Crippen LogP) is 3.66. The highest BCUT2D eigenvalue weighted by Crippen LogP contribution is 2.29. The van der Waals surface area contributed by atoms with E-state index in [2.05, 4.69) is 17.1 Å². The van der Waals surface area contributed by atoms with E-state index in [4.69, 9.17) is 23.2 Å². The van der Waals surface area contributed by atoms with Gasteiger partial charge >= 0.3 is 0 Å². The number of benzene rings is 1. The van der Waals surface area contributed by atoms with E-state index in [0.29, 0.717) is 22.3 Å². The second-order valence-electron chi connectivity index (χ2n) is 5.11.